The van der Waals surface area contributed by atoms with E-state index in [4.69, 9.17) is 14.0 Å². The van der Waals surface area contributed by atoms with Crippen molar-refractivity contribution in [2.45, 2.75) is 50.4 Å². The van der Waals surface area contributed by atoms with Crippen molar-refractivity contribution >= 4 is 38.4 Å². The van der Waals surface area contributed by atoms with Crippen molar-refractivity contribution in [3.8, 4) is 0 Å². The van der Waals surface area contributed by atoms with Crippen LogP contribution in [0.2, 0.25) is 0 Å². The molecule has 1 aromatic carbocycles. The Hall–Kier alpha value is -3.50. The lowest BCUT2D eigenvalue weighted by Crippen LogP contribution is -2.38. The summed E-state index contributed by atoms with van der Waals surface area (Å²) in [5.41, 5.74) is 1.78. The van der Waals surface area contributed by atoms with Gasteiger partial charge in [0, 0.05) is 24.4 Å². The average Bonchev–Trinajstić information content (AvgIpc) is 3.24. The highest BCUT2D eigenvalue weighted by Crippen LogP contribution is 2.46. The molecule has 2 bridgehead atoms. The minimum atomic E-state index is -1.15. The van der Waals surface area contributed by atoms with Crippen molar-refractivity contribution in [1.29, 1.82) is 0 Å². The minimum Gasteiger partial charge on any atom is -0.494 e. The Balaban J connectivity index is 1.16. The maximum atomic E-state index is 14.5. The number of benzene rings is 1. The van der Waals surface area contributed by atoms with E-state index >= 15 is 0 Å². The van der Waals surface area contributed by atoms with Gasteiger partial charge in [0.05, 0.1) is 35.6 Å². The molecule has 3 fully saturated rings. The van der Waals surface area contributed by atoms with Crippen molar-refractivity contribution in [2.24, 2.45) is 5.92 Å². The SMILES string of the molecule is C=C/C=C\C=C(/OC)c1noc(C2CC2)c1CO[C@@H]1C[C@@H]2C[C@H]1CN2c1nc2c(F)cc(C(=O)O)cc2s1. The summed E-state index contributed by atoms with van der Waals surface area (Å²) in [6.07, 6.45) is 11.3. The quantitative estimate of drug-likeness (QED) is 0.252. The van der Waals surface area contributed by atoms with E-state index in [-0.39, 0.29) is 23.2 Å². The van der Waals surface area contributed by atoms with Crippen LogP contribution in [0.5, 0.6) is 0 Å². The molecule has 38 heavy (non-hydrogen) atoms. The smallest absolute Gasteiger partial charge is 0.335 e. The Labute approximate surface area is 223 Å². The van der Waals surface area contributed by atoms with E-state index in [9.17, 15) is 14.3 Å². The molecule has 1 saturated heterocycles. The summed E-state index contributed by atoms with van der Waals surface area (Å²) in [7, 11) is 1.62. The topological polar surface area (TPSA) is 97.9 Å². The van der Waals surface area contributed by atoms with Crippen LogP contribution < -0.4 is 4.90 Å². The van der Waals surface area contributed by atoms with Crippen molar-refractivity contribution in [1.82, 2.24) is 10.1 Å². The summed E-state index contributed by atoms with van der Waals surface area (Å²) in [5, 5.41) is 14.3. The van der Waals surface area contributed by atoms with E-state index in [2.05, 4.69) is 21.6 Å². The number of ether oxygens (including phenoxy) is 2. The van der Waals surface area contributed by atoms with Gasteiger partial charge in [-0.1, -0.05) is 41.3 Å². The van der Waals surface area contributed by atoms with Crippen LogP contribution in [0.15, 0.2) is 47.5 Å². The molecule has 6 rings (SSSR count). The predicted octanol–water partition coefficient (Wildman–Crippen LogP) is 5.91. The number of aromatic nitrogens is 2. The summed E-state index contributed by atoms with van der Waals surface area (Å²) >= 11 is 1.34. The first kappa shape index (κ1) is 24.8. The molecule has 3 aliphatic rings. The molecule has 1 aliphatic heterocycles. The molecule has 2 aromatic heterocycles. The predicted molar refractivity (Wildman–Crippen MR) is 142 cm³/mol. The van der Waals surface area contributed by atoms with Crippen LogP contribution in [0.25, 0.3) is 16.0 Å². The van der Waals surface area contributed by atoms with E-state index < -0.39 is 11.8 Å². The number of hydrogen-bond acceptors (Lipinski definition) is 8. The van der Waals surface area contributed by atoms with Crippen molar-refractivity contribution < 1.29 is 28.3 Å². The Morgan fingerprint density at radius 3 is 2.87 bits per heavy atom. The maximum absolute atomic E-state index is 14.5. The minimum absolute atomic E-state index is 0.0662. The largest absolute Gasteiger partial charge is 0.494 e. The molecule has 2 saturated carbocycles. The number of piperidine rings is 1. The first-order valence-corrected chi connectivity index (χ1v) is 13.5. The fourth-order valence-corrected chi connectivity index (χ4v) is 6.65. The number of allylic oxidation sites excluding steroid dienone is 4. The zero-order valence-electron chi connectivity index (χ0n) is 20.9. The summed E-state index contributed by atoms with van der Waals surface area (Å²) < 4.78 is 32.9. The van der Waals surface area contributed by atoms with E-state index in [0.717, 1.165) is 54.7 Å². The molecular weight excluding hydrogens is 509 g/mol. The van der Waals surface area contributed by atoms with Crippen LogP contribution in [0, 0.1) is 11.7 Å². The number of hydrogen-bond donors (Lipinski definition) is 1. The molecule has 198 valence electrons. The lowest BCUT2D eigenvalue weighted by molar-refractivity contribution is 0.0119. The second-order valence-corrected chi connectivity index (χ2v) is 11.0. The average molecular weight is 538 g/mol. The molecule has 0 amide bonds. The summed E-state index contributed by atoms with van der Waals surface area (Å²) in [5.74, 6) is 0.458. The number of thiazole rings is 1. The third kappa shape index (κ3) is 4.52. The molecule has 3 heterocycles. The van der Waals surface area contributed by atoms with E-state index in [1.54, 1.807) is 13.2 Å². The molecule has 0 unspecified atom stereocenters. The van der Waals surface area contributed by atoms with Gasteiger partial charge in [-0.15, -0.1) is 0 Å². The van der Waals surface area contributed by atoms with Crippen LogP contribution in [0.1, 0.15) is 59.0 Å². The molecule has 0 radical (unpaired) electrons. The zero-order valence-corrected chi connectivity index (χ0v) is 21.7. The second-order valence-electron chi connectivity index (χ2n) is 10.00. The lowest BCUT2D eigenvalue weighted by atomic mass is 10.1. The number of carboxylic acids is 1. The monoisotopic (exact) mass is 537 g/mol. The molecule has 2 aliphatic carbocycles. The molecule has 3 atom stereocenters. The Morgan fingerprint density at radius 2 is 2.18 bits per heavy atom. The van der Waals surface area contributed by atoms with E-state index in [1.807, 2.05) is 18.2 Å². The van der Waals surface area contributed by atoms with Crippen LogP contribution in [0.4, 0.5) is 9.52 Å². The number of carbonyl (C=O) groups is 1. The summed E-state index contributed by atoms with van der Waals surface area (Å²) in [4.78, 5) is 18.0. The van der Waals surface area contributed by atoms with Gasteiger partial charge in [0.15, 0.2) is 16.6 Å². The summed E-state index contributed by atoms with van der Waals surface area (Å²) in [6, 6.07) is 2.77. The third-order valence-electron chi connectivity index (χ3n) is 7.56. The number of anilines is 1. The number of methoxy groups -OCH3 is 1. The van der Waals surface area contributed by atoms with Gasteiger partial charge in [-0.05, 0) is 43.9 Å². The maximum Gasteiger partial charge on any atom is 0.335 e. The van der Waals surface area contributed by atoms with Crippen LogP contribution >= 0.6 is 11.3 Å². The van der Waals surface area contributed by atoms with E-state index in [0.29, 0.717) is 34.6 Å². The first-order valence-electron chi connectivity index (χ1n) is 12.7. The summed E-state index contributed by atoms with van der Waals surface area (Å²) in [6.45, 7) is 4.86. The first-order chi connectivity index (χ1) is 18.5. The second kappa shape index (κ2) is 9.99. The van der Waals surface area contributed by atoms with Crippen molar-refractivity contribution in [3.05, 3.63) is 71.4 Å². The van der Waals surface area contributed by atoms with Crippen LogP contribution in [-0.2, 0) is 16.1 Å². The molecular formula is C28H28FN3O5S. The van der Waals surface area contributed by atoms with Crippen LogP contribution in [0.3, 0.4) is 0 Å². The Kier molecular flexibility index (Phi) is 6.53. The van der Waals surface area contributed by atoms with Gasteiger partial charge in [0.25, 0.3) is 0 Å². The lowest BCUT2D eigenvalue weighted by Gasteiger charge is -2.31. The van der Waals surface area contributed by atoms with Gasteiger partial charge in [-0.25, -0.2) is 14.2 Å². The van der Waals surface area contributed by atoms with Gasteiger partial charge < -0.3 is 24.0 Å². The van der Waals surface area contributed by atoms with Crippen molar-refractivity contribution in [3.63, 3.8) is 0 Å². The fourth-order valence-electron chi connectivity index (χ4n) is 5.54. The molecule has 1 N–H and O–H groups in total. The van der Waals surface area contributed by atoms with Gasteiger partial charge in [-0.3, -0.25) is 0 Å². The molecule has 0 spiro atoms. The number of aromatic carboxylic acids is 1. The van der Waals surface area contributed by atoms with Gasteiger partial charge >= 0.3 is 5.97 Å². The number of carboxylic acid groups (broad SMARTS) is 1. The highest BCUT2D eigenvalue weighted by Gasteiger charge is 2.46. The standard InChI is InChI=1S/C28H28FN3O5S/c1-3-4-5-6-21(35-2)24-19(26(37-31-24)15-7-8-15)14-36-22-12-18-9-17(22)13-32(18)28-30-25-20(29)10-16(27(33)34)11-23(25)38-28/h3-6,10-11,15,17-18,22H,1,7-9,12-14H2,2H3,(H,33,34)/b5-4-,21-6-/t17-,18-,22+/m0/s1. The fraction of sp³-hybridized carbons (Fsp3) is 0.393. The van der Waals surface area contributed by atoms with Gasteiger partial charge in [-0.2, -0.15) is 0 Å². The normalized spacial score (nSPS) is 23.2. The van der Waals surface area contributed by atoms with Gasteiger partial charge in [0.1, 0.15) is 17.0 Å². The third-order valence-corrected chi connectivity index (χ3v) is 8.60. The Bertz CT molecular complexity index is 1460. The zero-order chi connectivity index (χ0) is 26.4. The molecule has 10 heteroatoms. The van der Waals surface area contributed by atoms with Gasteiger partial charge in [0.2, 0.25) is 0 Å². The van der Waals surface area contributed by atoms with Crippen LogP contribution in [-0.4, -0.2) is 47.0 Å². The van der Waals surface area contributed by atoms with E-state index in [1.165, 1.54) is 17.4 Å². The Morgan fingerprint density at radius 1 is 1.34 bits per heavy atom. The number of halogens is 1. The highest BCUT2D eigenvalue weighted by molar-refractivity contribution is 7.22. The number of fused-ring (bicyclic) bond motifs is 3. The van der Waals surface area contributed by atoms with Crippen molar-refractivity contribution in [2.75, 3.05) is 18.6 Å². The molecule has 3 aromatic rings. The number of nitrogens with zero attached hydrogens (tertiary/aromatic N) is 3. The number of rotatable bonds is 10. The molecule has 8 nitrogen and oxygen atoms in total. The highest BCUT2D eigenvalue weighted by atomic mass is 32.1.